The van der Waals surface area contributed by atoms with Crippen LogP contribution in [0.1, 0.15) is 32.6 Å². The standard InChI is InChI=1S/C25H26O3/c1-2-3-4-11-19-27-25(26)28-24-22(20-13-7-5-8-14-20)17-12-18-23(24)21-15-9-6-10-16-21/h5-10,12-18H,2-4,11,19H2,1H3. The van der Waals surface area contributed by atoms with Gasteiger partial charge in [-0.25, -0.2) is 4.79 Å². The van der Waals surface area contributed by atoms with Crippen molar-refractivity contribution in [2.45, 2.75) is 32.6 Å². The van der Waals surface area contributed by atoms with E-state index in [4.69, 9.17) is 9.47 Å². The molecule has 3 heteroatoms. The van der Waals surface area contributed by atoms with Gasteiger partial charge < -0.3 is 9.47 Å². The molecule has 0 radical (unpaired) electrons. The van der Waals surface area contributed by atoms with Crippen molar-refractivity contribution in [1.82, 2.24) is 0 Å². The van der Waals surface area contributed by atoms with Gasteiger partial charge in [0.2, 0.25) is 0 Å². The Bertz CT molecular complexity index is 815. The van der Waals surface area contributed by atoms with E-state index in [0.717, 1.165) is 47.9 Å². The summed E-state index contributed by atoms with van der Waals surface area (Å²) in [6.07, 6.45) is 3.55. The van der Waals surface area contributed by atoms with Gasteiger partial charge in [-0.3, -0.25) is 0 Å². The van der Waals surface area contributed by atoms with Crippen molar-refractivity contribution >= 4 is 6.16 Å². The number of para-hydroxylation sites is 1. The molecule has 28 heavy (non-hydrogen) atoms. The Morgan fingerprint density at radius 2 is 1.29 bits per heavy atom. The monoisotopic (exact) mass is 374 g/mol. The van der Waals surface area contributed by atoms with E-state index in [1.165, 1.54) is 0 Å². The summed E-state index contributed by atoms with van der Waals surface area (Å²) in [6, 6.07) is 25.8. The van der Waals surface area contributed by atoms with Crippen LogP contribution in [0.15, 0.2) is 78.9 Å². The van der Waals surface area contributed by atoms with E-state index in [9.17, 15) is 4.79 Å². The molecule has 3 aromatic rings. The van der Waals surface area contributed by atoms with Crippen LogP contribution < -0.4 is 4.74 Å². The Labute approximate surface area is 166 Å². The van der Waals surface area contributed by atoms with Gasteiger partial charge in [0, 0.05) is 11.1 Å². The zero-order chi connectivity index (χ0) is 19.6. The number of rotatable bonds is 8. The molecule has 0 aliphatic carbocycles. The molecule has 0 saturated carbocycles. The quantitative estimate of drug-likeness (QED) is 0.239. The zero-order valence-corrected chi connectivity index (χ0v) is 16.3. The summed E-state index contributed by atoms with van der Waals surface area (Å²) in [5, 5.41) is 0. The van der Waals surface area contributed by atoms with Gasteiger partial charge in [0.15, 0.2) is 0 Å². The largest absolute Gasteiger partial charge is 0.513 e. The van der Waals surface area contributed by atoms with Crippen LogP contribution in [0.4, 0.5) is 4.79 Å². The summed E-state index contributed by atoms with van der Waals surface area (Å²) in [7, 11) is 0. The summed E-state index contributed by atoms with van der Waals surface area (Å²) < 4.78 is 11.0. The average molecular weight is 374 g/mol. The van der Waals surface area contributed by atoms with Crippen LogP contribution in [0, 0.1) is 0 Å². The summed E-state index contributed by atoms with van der Waals surface area (Å²) >= 11 is 0. The van der Waals surface area contributed by atoms with Crippen molar-refractivity contribution in [3.8, 4) is 28.0 Å². The molecule has 3 nitrogen and oxygen atoms in total. The predicted molar refractivity (Wildman–Crippen MR) is 113 cm³/mol. The molecular formula is C25H26O3. The zero-order valence-electron chi connectivity index (χ0n) is 16.3. The van der Waals surface area contributed by atoms with Gasteiger partial charge >= 0.3 is 6.16 Å². The number of benzene rings is 3. The van der Waals surface area contributed by atoms with Crippen LogP contribution in [-0.4, -0.2) is 12.8 Å². The Morgan fingerprint density at radius 1 is 0.714 bits per heavy atom. The van der Waals surface area contributed by atoms with Crippen molar-refractivity contribution in [3.05, 3.63) is 78.9 Å². The summed E-state index contributed by atoms with van der Waals surface area (Å²) in [5.41, 5.74) is 3.71. The van der Waals surface area contributed by atoms with Crippen molar-refractivity contribution < 1.29 is 14.3 Å². The molecule has 0 bridgehead atoms. The molecule has 0 aliphatic heterocycles. The summed E-state index contributed by atoms with van der Waals surface area (Å²) in [6.45, 7) is 2.54. The lowest BCUT2D eigenvalue weighted by Crippen LogP contribution is -2.12. The van der Waals surface area contributed by atoms with Gasteiger partial charge in [-0.05, 0) is 17.5 Å². The minimum Gasteiger partial charge on any atom is -0.434 e. The van der Waals surface area contributed by atoms with Gasteiger partial charge in [-0.1, -0.05) is 105 Å². The summed E-state index contributed by atoms with van der Waals surface area (Å²) in [5.74, 6) is 0.526. The van der Waals surface area contributed by atoms with Crippen LogP contribution in [0.3, 0.4) is 0 Å². The number of carbonyl (C=O) groups excluding carboxylic acids is 1. The average Bonchev–Trinajstić information content (AvgIpc) is 2.75. The lowest BCUT2D eigenvalue weighted by atomic mass is 9.97. The normalized spacial score (nSPS) is 10.5. The SMILES string of the molecule is CCCCCCOC(=O)Oc1c(-c2ccccc2)cccc1-c1ccccc1. The van der Waals surface area contributed by atoms with Crippen molar-refractivity contribution in [2.75, 3.05) is 6.61 Å². The number of ether oxygens (including phenoxy) is 2. The van der Waals surface area contributed by atoms with Crippen LogP contribution in [0.2, 0.25) is 0 Å². The number of carbonyl (C=O) groups is 1. The first-order valence-electron chi connectivity index (χ1n) is 9.88. The Balaban J connectivity index is 1.87. The van der Waals surface area contributed by atoms with E-state index in [1.807, 2.05) is 78.9 Å². The Kier molecular flexibility index (Phi) is 7.25. The molecule has 0 aliphatic rings. The van der Waals surface area contributed by atoms with Gasteiger partial charge in [0.05, 0.1) is 6.61 Å². The third-order valence-electron chi connectivity index (χ3n) is 4.59. The molecule has 0 saturated heterocycles. The van der Waals surface area contributed by atoms with Gasteiger partial charge in [-0.15, -0.1) is 0 Å². The molecule has 144 valence electrons. The van der Waals surface area contributed by atoms with E-state index in [-0.39, 0.29) is 0 Å². The Hall–Kier alpha value is -3.07. The fourth-order valence-electron chi connectivity index (χ4n) is 3.13. The maximum Gasteiger partial charge on any atom is 0.513 e. The Morgan fingerprint density at radius 3 is 1.82 bits per heavy atom. The van der Waals surface area contributed by atoms with Crippen LogP contribution in [0.5, 0.6) is 5.75 Å². The molecule has 3 rings (SSSR count). The fraction of sp³-hybridized carbons (Fsp3) is 0.240. The molecule has 3 aromatic carbocycles. The van der Waals surface area contributed by atoms with Crippen LogP contribution in [-0.2, 0) is 4.74 Å². The number of hydrogen-bond acceptors (Lipinski definition) is 3. The highest BCUT2D eigenvalue weighted by Gasteiger charge is 2.17. The first kappa shape index (κ1) is 19.7. The topological polar surface area (TPSA) is 35.5 Å². The molecule has 0 fully saturated rings. The molecule has 0 amide bonds. The number of unbranched alkanes of at least 4 members (excludes halogenated alkanes) is 3. The van der Waals surface area contributed by atoms with E-state index in [2.05, 4.69) is 6.92 Å². The lowest BCUT2D eigenvalue weighted by Gasteiger charge is -2.15. The van der Waals surface area contributed by atoms with E-state index in [1.54, 1.807) is 0 Å². The van der Waals surface area contributed by atoms with Gasteiger partial charge in [0.1, 0.15) is 5.75 Å². The smallest absolute Gasteiger partial charge is 0.434 e. The van der Waals surface area contributed by atoms with E-state index in [0.29, 0.717) is 12.4 Å². The molecule has 0 aromatic heterocycles. The van der Waals surface area contributed by atoms with Gasteiger partial charge in [0.25, 0.3) is 0 Å². The second kappa shape index (κ2) is 10.3. The van der Waals surface area contributed by atoms with Crippen molar-refractivity contribution in [3.63, 3.8) is 0 Å². The highest BCUT2D eigenvalue weighted by molar-refractivity contribution is 5.85. The first-order chi connectivity index (χ1) is 13.8. The van der Waals surface area contributed by atoms with Crippen LogP contribution >= 0.6 is 0 Å². The fourth-order valence-corrected chi connectivity index (χ4v) is 3.13. The van der Waals surface area contributed by atoms with Gasteiger partial charge in [-0.2, -0.15) is 0 Å². The highest BCUT2D eigenvalue weighted by atomic mass is 16.7. The second-order valence-corrected chi connectivity index (χ2v) is 6.68. The minimum absolute atomic E-state index is 0.382. The summed E-state index contributed by atoms with van der Waals surface area (Å²) in [4.78, 5) is 12.4. The molecule has 0 N–H and O–H groups in total. The van der Waals surface area contributed by atoms with E-state index < -0.39 is 6.16 Å². The molecular weight excluding hydrogens is 348 g/mol. The third kappa shape index (κ3) is 5.23. The molecule has 0 unspecified atom stereocenters. The minimum atomic E-state index is -0.655. The van der Waals surface area contributed by atoms with Crippen LogP contribution in [0.25, 0.3) is 22.3 Å². The molecule has 0 heterocycles. The highest BCUT2D eigenvalue weighted by Crippen LogP contribution is 2.39. The lowest BCUT2D eigenvalue weighted by molar-refractivity contribution is 0.0977. The second-order valence-electron chi connectivity index (χ2n) is 6.68. The predicted octanol–water partition coefficient (Wildman–Crippen LogP) is 7.12. The molecule has 0 atom stereocenters. The van der Waals surface area contributed by atoms with E-state index >= 15 is 0 Å². The first-order valence-corrected chi connectivity index (χ1v) is 9.88. The number of hydrogen-bond donors (Lipinski definition) is 0. The van der Waals surface area contributed by atoms with Crippen molar-refractivity contribution in [1.29, 1.82) is 0 Å². The maximum atomic E-state index is 12.4. The third-order valence-corrected chi connectivity index (χ3v) is 4.59. The van der Waals surface area contributed by atoms with Crippen molar-refractivity contribution in [2.24, 2.45) is 0 Å². The molecule has 0 spiro atoms. The maximum absolute atomic E-state index is 12.4.